The summed E-state index contributed by atoms with van der Waals surface area (Å²) in [6.45, 7) is 17.2. The third kappa shape index (κ3) is 8.55. The van der Waals surface area contributed by atoms with Crippen molar-refractivity contribution in [2.24, 2.45) is 5.92 Å². The predicted molar refractivity (Wildman–Crippen MR) is 139 cm³/mol. The van der Waals surface area contributed by atoms with Crippen molar-refractivity contribution < 1.29 is 19.1 Å². The third-order valence-electron chi connectivity index (χ3n) is 6.00. The number of amides is 3. The van der Waals surface area contributed by atoms with E-state index < -0.39 is 23.8 Å². The van der Waals surface area contributed by atoms with Gasteiger partial charge in [-0.15, -0.1) is 0 Å². The Morgan fingerprint density at radius 1 is 1.03 bits per heavy atom. The minimum Gasteiger partial charge on any atom is -0.444 e. The Morgan fingerprint density at radius 3 is 2.06 bits per heavy atom. The van der Waals surface area contributed by atoms with Crippen molar-refractivity contribution in [1.82, 2.24) is 15.5 Å². The van der Waals surface area contributed by atoms with Gasteiger partial charge in [0.2, 0.25) is 11.8 Å². The standard InChI is InChI=1S/C28H45N3O4/c1-10-11-20(6)29-25(32)24(21-15-18(4)14-19(5)16-21)31(22-12-13-22)26(33)23(17(2)3)30-27(34)35-28(7,8)9/h14-17,20,22-24H,10-13H2,1-9H3,(H,29,32)(H,30,34). The Bertz CT molecular complexity index is 882. The number of rotatable bonds is 10. The lowest BCUT2D eigenvalue weighted by Gasteiger charge is -2.36. The molecular weight excluding hydrogens is 442 g/mol. The van der Waals surface area contributed by atoms with Gasteiger partial charge in [0.05, 0.1) is 0 Å². The van der Waals surface area contributed by atoms with Gasteiger partial charge in [-0.05, 0) is 72.3 Å². The summed E-state index contributed by atoms with van der Waals surface area (Å²) in [7, 11) is 0. The van der Waals surface area contributed by atoms with Gasteiger partial charge in [-0.2, -0.15) is 0 Å². The van der Waals surface area contributed by atoms with Crippen molar-refractivity contribution in [2.75, 3.05) is 0 Å². The van der Waals surface area contributed by atoms with E-state index in [0.29, 0.717) is 0 Å². The zero-order valence-electron chi connectivity index (χ0n) is 23.0. The van der Waals surface area contributed by atoms with Crippen molar-refractivity contribution >= 4 is 17.9 Å². The first kappa shape index (κ1) is 28.7. The summed E-state index contributed by atoms with van der Waals surface area (Å²) in [6, 6.07) is 4.41. The monoisotopic (exact) mass is 487 g/mol. The maximum absolute atomic E-state index is 14.0. The van der Waals surface area contributed by atoms with Crippen molar-refractivity contribution in [1.29, 1.82) is 0 Å². The molecule has 1 saturated carbocycles. The molecule has 2 rings (SSSR count). The molecule has 1 aromatic rings. The van der Waals surface area contributed by atoms with Gasteiger partial charge in [-0.3, -0.25) is 9.59 Å². The van der Waals surface area contributed by atoms with Gasteiger partial charge in [0, 0.05) is 12.1 Å². The van der Waals surface area contributed by atoms with Gasteiger partial charge in [0.15, 0.2) is 0 Å². The fraction of sp³-hybridized carbons (Fsp3) is 0.679. The molecule has 1 fully saturated rings. The second-order valence-corrected chi connectivity index (χ2v) is 11.4. The Morgan fingerprint density at radius 2 is 1.60 bits per heavy atom. The number of aryl methyl sites for hydroxylation is 2. The van der Waals surface area contributed by atoms with Crippen LogP contribution in [0.1, 0.15) is 96.9 Å². The normalized spacial score (nSPS) is 16.3. The SMILES string of the molecule is CCCC(C)NC(=O)C(c1cc(C)cc(C)c1)N(C(=O)C(NC(=O)OC(C)(C)C)C(C)C)C1CC1. The third-order valence-corrected chi connectivity index (χ3v) is 6.00. The number of hydrogen-bond donors (Lipinski definition) is 2. The van der Waals surface area contributed by atoms with Crippen LogP contribution in [0, 0.1) is 19.8 Å². The van der Waals surface area contributed by atoms with E-state index >= 15 is 0 Å². The molecule has 3 amide bonds. The number of nitrogens with one attached hydrogen (secondary N) is 2. The number of carbonyl (C=O) groups excluding carboxylic acids is 3. The first-order valence-electron chi connectivity index (χ1n) is 12.9. The molecule has 196 valence electrons. The van der Waals surface area contributed by atoms with E-state index in [4.69, 9.17) is 4.74 Å². The molecule has 1 aliphatic rings. The lowest BCUT2D eigenvalue weighted by atomic mass is 9.96. The van der Waals surface area contributed by atoms with Crippen LogP contribution in [0.15, 0.2) is 18.2 Å². The lowest BCUT2D eigenvalue weighted by Crippen LogP contribution is -2.56. The molecule has 3 atom stereocenters. The highest BCUT2D eigenvalue weighted by Crippen LogP contribution is 2.36. The molecule has 7 heteroatoms. The minimum atomic E-state index is -0.806. The molecule has 0 spiro atoms. The van der Waals surface area contributed by atoms with Gasteiger partial charge in [-0.25, -0.2) is 4.79 Å². The molecular formula is C28H45N3O4. The summed E-state index contributed by atoms with van der Waals surface area (Å²) in [4.78, 5) is 42.1. The Balaban J connectivity index is 2.47. The highest BCUT2D eigenvalue weighted by molar-refractivity contribution is 5.93. The summed E-state index contributed by atoms with van der Waals surface area (Å²) in [5.41, 5.74) is 2.19. The molecule has 1 aliphatic carbocycles. The van der Waals surface area contributed by atoms with Crippen molar-refractivity contribution in [3.05, 3.63) is 34.9 Å². The van der Waals surface area contributed by atoms with E-state index in [-0.39, 0.29) is 29.8 Å². The number of alkyl carbamates (subject to hydrolysis) is 1. The van der Waals surface area contributed by atoms with E-state index in [1.165, 1.54) is 0 Å². The maximum Gasteiger partial charge on any atom is 0.408 e. The van der Waals surface area contributed by atoms with Crippen LogP contribution in [0.5, 0.6) is 0 Å². The van der Waals surface area contributed by atoms with E-state index in [2.05, 4.69) is 23.6 Å². The van der Waals surface area contributed by atoms with Gasteiger partial charge < -0.3 is 20.3 Å². The second-order valence-electron chi connectivity index (χ2n) is 11.4. The zero-order valence-corrected chi connectivity index (χ0v) is 23.0. The van der Waals surface area contributed by atoms with Crippen molar-refractivity contribution in [3.8, 4) is 0 Å². The maximum atomic E-state index is 14.0. The Hall–Kier alpha value is -2.57. The van der Waals surface area contributed by atoms with Crippen LogP contribution >= 0.6 is 0 Å². The number of ether oxygens (including phenoxy) is 1. The van der Waals surface area contributed by atoms with Gasteiger partial charge in [0.25, 0.3) is 0 Å². The summed E-state index contributed by atoms with van der Waals surface area (Å²) < 4.78 is 5.43. The Kier molecular flexibility index (Phi) is 9.76. The zero-order chi connectivity index (χ0) is 26.5. The van der Waals surface area contributed by atoms with Crippen LogP contribution in [0.2, 0.25) is 0 Å². The van der Waals surface area contributed by atoms with E-state index in [9.17, 15) is 14.4 Å². The smallest absolute Gasteiger partial charge is 0.408 e. The number of nitrogens with zero attached hydrogens (tertiary/aromatic N) is 1. The highest BCUT2D eigenvalue weighted by atomic mass is 16.6. The Labute approximate surface area is 211 Å². The fourth-order valence-electron chi connectivity index (χ4n) is 4.41. The molecule has 0 aliphatic heterocycles. The van der Waals surface area contributed by atoms with Gasteiger partial charge in [0.1, 0.15) is 17.7 Å². The molecule has 0 aromatic heterocycles. The summed E-state index contributed by atoms with van der Waals surface area (Å²) in [6.07, 6.45) is 2.85. The molecule has 0 heterocycles. The molecule has 2 N–H and O–H groups in total. The summed E-state index contributed by atoms with van der Waals surface area (Å²) >= 11 is 0. The van der Waals surface area contributed by atoms with E-state index in [0.717, 1.165) is 42.4 Å². The summed E-state index contributed by atoms with van der Waals surface area (Å²) in [5, 5.41) is 5.91. The molecule has 0 bridgehead atoms. The molecule has 0 radical (unpaired) electrons. The van der Waals surface area contributed by atoms with Crippen molar-refractivity contribution in [3.63, 3.8) is 0 Å². The summed E-state index contributed by atoms with van der Waals surface area (Å²) in [5.74, 6) is -0.620. The minimum absolute atomic E-state index is 0.00200. The van der Waals surface area contributed by atoms with Crippen LogP contribution in [0.3, 0.4) is 0 Å². The highest BCUT2D eigenvalue weighted by Gasteiger charge is 2.45. The molecule has 1 aromatic carbocycles. The van der Waals surface area contributed by atoms with E-state index in [1.807, 2.05) is 46.8 Å². The molecule has 7 nitrogen and oxygen atoms in total. The van der Waals surface area contributed by atoms with Crippen LogP contribution in [0.4, 0.5) is 4.79 Å². The van der Waals surface area contributed by atoms with Crippen LogP contribution in [-0.4, -0.2) is 46.5 Å². The predicted octanol–water partition coefficient (Wildman–Crippen LogP) is 5.19. The number of hydrogen-bond acceptors (Lipinski definition) is 4. The average Bonchev–Trinajstić information content (AvgIpc) is 3.52. The van der Waals surface area contributed by atoms with E-state index in [1.54, 1.807) is 25.7 Å². The second kappa shape index (κ2) is 11.9. The van der Waals surface area contributed by atoms with Gasteiger partial charge >= 0.3 is 6.09 Å². The number of carbonyl (C=O) groups is 3. The van der Waals surface area contributed by atoms with Crippen LogP contribution in [0.25, 0.3) is 0 Å². The molecule has 3 unspecified atom stereocenters. The largest absolute Gasteiger partial charge is 0.444 e. The first-order valence-corrected chi connectivity index (χ1v) is 12.9. The van der Waals surface area contributed by atoms with Gasteiger partial charge in [-0.1, -0.05) is 56.5 Å². The lowest BCUT2D eigenvalue weighted by molar-refractivity contribution is -0.144. The first-order chi connectivity index (χ1) is 16.2. The average molecular weight is 488 g/mol. The molecule has 35 heavy (non-hydrogen) atoms. The fourth-order valence-corrected chi connectivity index (χ4v) is 4.41. The molecule has 0 saturated heterocycles. The van der Waals surface area contributed by atoms with Crippen LogP contribution < -0.4 is 10.6 Å². The topological polar surface area (TPSA) is 87.7 Å². The number of benzene rings is 1. The van der Waals surface area contributed by atoms with Crippen LogP contribution in [-0.2, 0) is 14.3 Å². The quantitative estimate of drug-likeness (QED) is 0.475. The van der Waals surface area contributed by atoms with Crippen molar-refractivity contribution in [2.45, 2.75) is 118 Å².